The molecule has 0 saturated carbocycles. The van der Waals surface area contributed by atoms with Crippen molar-refractivity contribution >= 4 is 21.5 Å². The van der Waals surface area contributed by atoms with E-state index in [1.165, 1.54) is 4.68 Å². The van der Waals surface area contributed by atoms with Gasteiger partial charge in [-0.1, -0.05) is 0 Å². The van der Waals surface area contributed by atoms with Gasteiger partial charge >= 0.3 is 0 Å². The zero-order valence-electron chi connectivity index (χ0n) is 9.77. The average molecular weight is 257 g/mol. The molecule has 7 nitrogen and oxygen atoms in total. The van der Waals surface area contributed by atoms with E-state index in [-0.39, 0.29) is 29.5 Å². The minimum Gasteiger partial charge on any atom is -0.383 e. The highest BCUT2D eigenvalue weighted by Crippen LogP contribution is 2.27. The molecule has 94 valence electrons. The fourth-order valence-corrected chi connectivity index (χ4v) is 2.38. The Balaban J connectivity index is 3.26. The lowest BCUT2D eigenvalue weighted by Gasteiger charge is -2.01. The van der Waals surface area contributed by atoms with Crippen molar-refractivity contribution in [2.24, 2.45) is 0 Å². The summed E-state index contributed by atoms with van der Waals surface area (Å²) in [7, 11) is -3.44. The van der Waals surface area contributed by atoms with Gasteiger partial charge in [0.05, 0.1) is 19.0 Å². The highest BCUT2D eigenvalue weighted by molar-refractivity contribution is 7.91. The van der Waals surface area contributed by atoms with Gasteiger partial charge in [0, 0.05) is 12.8 Å². The fraction of sp³-hybridized carbons (Fsp3) is 0.556. The summed E-state index contributed by atoms with van der Waals surface area (Å²) >= 11 is 0. The normalized spacial score (nSPS) is 11.1. The maximum Gasteiger partial charge on any atom is 0.182 e. The first-order valence-electron chi connectivity index (χ1n) is 5.09. The lowest BCUT2D eigenvalue weighted by atomic mass is 10.5. The third kappa shape index (κ3) is 2.88. The Morgan fingerprint density at radius 1 is 1.59 bits per heavy atom. The van der Waals surface area contributed by atoms with Crippen LogP contribution in [0.2, 0.25) is 0 Å². The minimum atomic E-state index is -3.44. The second kappa shape index (κ2) is 5.05. The largest absolute Gasteiger partial charge is 0.383 e. The lowest BCUT2D eigenvalue weighted by Crippen LogP contribution is -2.07. The van der Waals surface area contributed by atoms with Crippen molar-refractivity contribution in [2.45, 2.75) is 24.8 Å². The van der Waals surface area contributed by atoms with Crippen LogP contribution in [0.5, 0.6) is 0 Å². The summed E-state index contributed by atoms with van der Waals surface area (Å²) in [5, 5.41) is 15.4. The van der Waals surface area contributed by atoms with Crippen LogP contribution < -0.4 is 11.1 Å². The van der Waals surface area contributed by atoms with Crippen molar-refractivity contribution in [1.29, 1.82) is 5.26 Å². The number of nitrogens with one attached hydrogen (secondary N) is 1. The predicted molar refractivity (Wildman–Crippen MR) is 64.1 cm³/mol. The summed E-state index contributed by atoms with van der Waals surface area (Å²) in [6.07, 6.45) is 1.30. The maximum absolute atomic E-state index is 11.6. The van der Waals surface area contributed by atoms with Crippen molar-refractivity contribution in [3.8, 4) is 6.07 Å². The molecule has 1 aromatic heterocycles. The van der Waals surface area contributed by atoms with Crippen LogP contribution in [-0.2, 0) is 16.4 Å². The molecule has 0 aliphatic rings. The van der Waals surface area contributed by atoms with E-state index in [2.05, 4.69) is 10.4 Å². The smallest absolute Gasteiger partial charge is 0.182 e. The minimum absolute atomic E-state index is 0.00251. The molecule has 0 atom stereocenters. The van der Waals surface area contributed by atoms with E-state index in [1.54, 1.807) is 0 Å². The van der Waals surface area contributed by atoms with Crippen LogP contribution in [0, 0.1) is 11.3 Å². The molecule has 0 saturated heterocycles. The topological polar surface area (TPSA) is 114 Å². The second-order valence-electron chi connectivity index (χ2n) is 3.50. The number of sulfone groups is 1. The van der Waals surface area contributed by atoms with Gasteiger partial charge in [0.15, 0.2) is 20.6 Å². The Morgan fingerprint density at radius 3 is 2.71 bits per heavy atom. The van der Waals surface area contributed by atoms with E-state index in [9.17, 15) is 8.42 Å². The molecule has 3 N–H and O–H groups in total. The highest BCUT2D eigenvalue weighted by atomic mass is 32.2. The first-order valence-corrected chi connectivity index (χ1v) is 6.98. The third-order valence-corrected chi connectivity index (χ3v) is 3.24. The second-order valence-corrected chi connectivity index (χ2v) is 5.45. The Bertz CT molecular complexity index is 540. The van der Waals surface area contributed by atoms with E-state index in [1.807, 2.05) is 13.0 Å². The molecular formula is C9H15N5O2S. The van der Waals surface area contributed by atoms with Crippen molar-refractivity contribution in [1.82, 2.24) is 9.78 Å². The number of nitrogens with two attached hydrogens (primary N) is 1. The van der Waals surface area contributed by atoms with Crippen LogP contribution in [0.1, 0.15) is 13.3 Å². The molecule has 1 heterocycles. The van der Waals surface area contributed by atoms with E-state index in [4.69, 9.17) is 11.0 Å². The van der Waals surface area contributed by atoms with Crippen molar-refractivity contribution in [3.05, 3.63) is 0 Å². The molecule has 0 aliphatic carbocycles. The molecule has 1 aromatic rings. The number of rotatable bonds is 5. The molecule has 0 aromatic carbocycles. The zero-order chi connectivity index (χ0) is 13.1. The number of hydrogen-bond donors (Lipinski definition) is 2. The molecule has 1 rings (SSSR count). The predicted octanol–water partition coefficient (Wildman–Crippen LogP) is 0.214. The van der Waals surface area contributed by atoms with E-state index in [0.29, 0.717) is 6.54 Å². The molecule has 17 heavy (non-hydrogen) atoms. The average Bonchev–Trinajstić information content (AvgIpc) is 2.52. The van der Waals surface area contributed by atoms with E-state index in [0.717, 1.165) is 6.26 Å². The Labute approximate surface area is 100 Å². The molecule has 8 heteroatoms. The van der Waals surface area contributed by atoms with Crippen LogP contribution in [0.3, 0.4) is 0 Å². The van der Waals surface area contributed by atoms with Crippen LogP contribution >= 0.6 is 0 Å². The molecule has 0 unspecified atom stereocenters. The number of nitrogens with zero attached hydrogens (tertiary/aromatic N) is 3. The summed E-state index contributed by atoms with van der Waals surface area (Å²) in [4.78, 5) is -0.00251. The van der Waals surface area contributed by atoms with Gasteiger partial charge in [0.25, 0.3) is 0 Å². The number of aromatic nitrogens is 2. The summed E-state index contributed by atoms with van der Waals surface area (Å²) < 4.78 is 24.5. The first kappa shape index (κ1) is 13.3. The van der Waals surface area contributed by atoms with Crippen LogP contribution in [0.25, 0.3) is 0 Å². The Hall–Kier alpha value is -1.75. The molecular weight excluding hydrogens is 242 g/mol. The van der Waals surface area contributed by atoms with Crippen LogP contribution in [-0.4, -0.2) is 31.0 Å². The number of anilines is 2. The summed E-state index contributed by atoms with van der Waals surface area (Å²) in [5.41, 5.74) is 5.73. The summed E-state index contributed by atoms with van der Waals surface area (Å²) in [5.74, 6) is 0.309. The third-order valence-electron chi connectivity index (χ3n) is 2.10. The van der Waals surface area contributed by atoms with Gasteiger partial charge < -0.3 is 11.1 Å². The standard InChI is InChI=1S/C9H15N5O2S/c1-3-12-9-7(17(2,15)16)8(11)14(13-9)6-4-5-10/h3-4,6,11H2,1-2H3,(H,12,13). The SMILES string of the molecule is CCNc1nn(CCC#N)c(N)c1S(C)(=O)=O. The van der Waals surface area contributed by atoms with Gasteiger partial charge in [-0.25, -0.2) is 13.1 Å². The van der Waals surface area contributed by atoms with Gasteiger partial charge in [-0.15, -0.1) is 0 Å². The quantitative estimate of drug-likeness (QED) is 0.779. The van der Waals surface area contributed by atoms with Crippen LogP contribution in [0.4, 0.5) is 11.6 Å². The highest BCUT2D eigenvalue weighted by Gasteiger charge is 2.23. The van der Waals surface area contributed by atoms with Gasteiger partial charge in [-0.2, -0.15) is 10.4 Å². The van der Waals surface area contributed by atoms with Crippen molar-refractivity contribution in [3.63, 3.8) is 0 Å². The van der Waals surface area contributed by atoms with Gasteiger partial charge in [-0.3, -0.25) is 0 Å². The number of nitrogen functional groups attached to an aromatic ring is 1. The molecule has 0 aliphatic heterocycles. The van der Waals surface area contributed by atoms with Gasteiger partial charge in [0.1, 0.15) is 5.82 Å². The lowest BCUT2D eigenvalue weighted by molar-refractivity contribution is 0.601. The molecule has 0 bridgehead atoms. The Morgan fingerprint density at radius 2 is 2.24 bits per heavy atom. The molecule has 0 amide bonds. The monoisotopic (exact) mass is 257 g/mol. The van der Waals surface area contributed by atoms with E-state index >= 15 is 0 Å². The summed E-state index contributed by atoms with van der Waals surface area (Å²) in [6, 6.07) is 1.96. The van der Waals surface area contributed by atoms with E-state index < -0.39 is 9.84 Å². The fourth-order valence-electron chi connectivity index (χ4n) is 1.43. The molecule has 0 radical (unpaired) electrons. The van der Waals surface area contributed by atoms with Crippen molar-refractivity contribution in [2.75, 3.05) is 23.9 Å². The summed E-state index contributed by atoms with van der Waals surface area (Å²) in [6.45, 7) is 2.64. The first-order chi connectivity index (χ1) is 7.91. The van der Waals surface area contributed by atoms with Crippen LogP contribution in [0.15, 0.2) is 4.90 Å². The number of aryl methyl sites for hydroxylation is 1. The number of hydrogen-bond acceptors (Lipinski definition) is 6. The maximum atomic E-state index is 11.6. The van der Waals surface area contributed by atoms with Gasteiger partial charge in [-0.05, 0) is 6.92 Å². The number of nitriles is 1. The zero-order valence-corrected chi connectivity index (χ0v) is 10.6. The molecule has 0 fully saturated rings. The van der Waals surface area contributed by atoms with Gasteiger partial charge in [0.2, 0.25) is 0 Å². The Kier molecular flexibility index (Phi) is 3.96. The van der Waals surface area contributed by atoms with Crippen molar-refractivity contribution < 1.29 is 8.42 Å². The molecule has 0 spiro atoms.